The van der Waals surface area contributed by atoms with E-state index in [-0.39, 0.29) is 18.0 Å². The van der Waals surface area contributed by atoms with Gasteiger partial charge in [0.25, 0.3) is 0 Å². The highest BCUT2D eigenvalue weighted by molar-refractivity contribution is 5.48. The molecule has 0 bridgehead atoms. The van der Waals surface area contributed by atoms with Crippen LogP contribution in [0.5, 0.6) is 5.75 Å². The number of aryl methyl sites for hydroxylation is 1. The Morgan fingerprint density at radius 3 is 2.95 bits per heavy atom. The van der Waals surface area contributed by atoms with Crippen LogP contribution < -0.4 is 4.74 Å². The predicted molar refractivity (Wildman–Crippen MR) is 77.4 cm³/mol. The molecule has 1 aromatic carbocycles. The van der Waals surface area contributed by atoms with E-state index in [1.54, 1.807) is 19.1 Å². The number of hydrogen-bond donors (Lipinski definition) is 0. The monoisotopic (exact) mass is 283 g/mol. The zero-order valence-corrected chi connectivity index (χ0v) is 11.4. The lowest BCUT2D eigenvalue weighted by atomic mass is 10.2. The van der Waals surface area contributed by atoms with Crippen LogP contribution in [0.1, 0.15) is 11.3 Å². The van der Waals surface area contributed by atoms with Crippen LogP contribution in [0.25, 0.3) is 5.65 Å². The van der Waals surface area contributed by atoms with E-state index in [0.29, 0.717) is 0 Å². The first-order valence-corrected chi connectivity index (χ1v) is 6.44. The number of aromatic nitrogens is 2. The highest BCUT2D eigenvalue weighted by Gasteiger charge is 2.15. The molecule has 21 heavy (non-hydrogen) atoms. The first-order valence-electron chi connectivity index (χ1n) is 6.44. The van der Waals surface area contributed by atoms with Crippen LogP contribution in [0.4, 0.5) is 5.69 Å². The van der Waals surface area contributed by atoms with Crippen LogP contribution in [0.2, 0.25) is 0 Å². The van der Waals surface area contributed by atoms with Crippen molar-refractivity contribution in [2.45, 2.75) is 13.5 Å². The van der Waals surface area contributed by atoms with Crippen molar-refractivity contribution in [3.8, 4) is 5.75 Å². The molecule has 0 saturated carbocycles. The Hall–Kier alpha value is -2.89. The van der Waals surface area contributed by atoms with Crippen LogP contribution in [0.3, 0.4) is 0 Å². The molecule has 2 aromatic heterocycles. The molecule has 0 atom stereocenters. The standard InChI is InChI=1S/C15H13N3O3/c1-11-5-6-14(13(8-11)18(19)20)21-10-12-9-17-7-3-2-4-15(17)16-12/h2-9H,10H2,1H3. The molecule has 0 saturated heterocycles. The summed E-state index contributed by atoms with van der Waals surface area (Å²) < 4.78 is 7.43. The topological polar surface area (TPSA) is 69.7 Å². The molecule has 0 aliphatic rings. The van der Waals surface area contributed by atoms with Crippen LogP contribution in [0, 0.1) is 17.0 Å². The van der Waals surface area contributed by atoms with Gasteiger partial charge in [-0.2, -0.15) is 0 Å². The lowest BCUT2D eigenvalue weighted by Crippen LogP contribution is -1.99. The number of nitro groups is 1. The van der Waals surface area contributed by atoms with E-state index in [1.165, 1.54) is 6.07 Å². The second kappa shape index (κ2) is 5.24. The minimum Gasteiger partial charge on any atom is -0.480 e. The van der Waals surface area contributed by atoms with Crippen LogP contribution >= 0.6 is 0 Å². The summed E-state index contributed by atoms with van der Waals surface area (Å²) in [5, 5.41) is 11.0. The average Bonchev–Trinajstić information content (AvgIpc) is 2.88. The second-order valence-electron chi connectivity index (χ2n) is 4.72. The number of hydrogen-bond acceptors (Lipinski definition) is 4. The molecule has 0 spiro atoms. The van der Waals surface area contributed by atoms with Crippen LogP contribution in [-0.4, -0.2) is 14.3 Å². The summed E-state index contributed by atoms with van der Waals surface area (Å²) >= 11 is 0. The molecular formula is C15H13N3O3. The number of pyridine rings is 1. The summed E-state index contributed by atoms with van der Waals surface area (Å²) in [7, 11) is 0. The van der Waals surface area contributed by atoms with Crippen molar-refractivity contribution < 1.29 is 9.66 Å². The van der Waals surface area contributed by atoms with E-state index in [2.05, 4.69) is 4.98 Å². The molecule has 3 aromatic rings. The Labute approximate surface area is 120 Å². The van der Waals surface area contributed by atoms with Gasteiger partial charge < -0.3 is 9.14 Å². The van der Waals surface area contributed by atoms with Crippen molar-refractivity contribution in [3.63, 3.8) is 0 Å². The number of fused-ring (bicyclic) bond motifs is 1. The van der Waals surface area contributed by atoms with Gasteiger partial charge in [0.15, 0.2) is 5.75 Å². The highest BCUT2D eigenvalue weighted by atomic mass is 16.6. The van der Waals surface area contributed by atoms with Crippen molar-refractivity contribution >= 4 is 11.3 Å². The van der Waals surface area contributed by atoms with Gasteiger partial charge in [-0.05, 0) is 30.7 Å². The number of benzene rings is 1. The van der Waals surface area contributed by atoms with E-state index in [0.717, 1.165) is 16.9 Å². The molecule has 0 N–H and O–H groups in total. The van der Waals surface area contributed by atoms with Gasteiger partial charge in [-0.15, -0.1) is 0 Å². The summed E-state index contributed by atoms with van der Waals surface area (Å²) in [6.07, 6.45) is 3.73. The number of imidazole rings is 1. The van der Waals surface area contributed by atoms with E-state index < -0.39 is 4.92 Å². The van der Waals surface area contributed by atoms with Gasteiger partial charge in [0.05, 0.1) is 10.6 Å². The highest BCUT2D eigenvalue weighted by Crippen LogP contribution is 2.28. The molecule has 3 rings (SSSR count). The quantitative estimate of drug-likeness (QED) is 0.545. The van der Waals surface area contributed by atoms with Crippen LogP contribution in [-0.2, 0) is 6.61 Å². The number of nitro benzene ring substituents is 1. The third-order valence-electron chi connectivity index (χ3n) is 3.10. The molecule has 0 unspecified atom stereocenters. The Morgan fingerprint density at radius 1 is 1.33 bits per heavy atom. The van der Waals surface area contributed by atoms with Gasteiger partial charge in [0.1, 0.15) is 12.3 Å². The van der Waals surface area contributed by atoms with Crippen molar-refractivity contribution in [3.05, 3.63) is 70.2 Å². The molecule has 0 aliphatic heterocycles. The fourth-order valence-corrected chi connectivity index (χ4v) is 2.10. The van der Waals surface area contributed by atoms with Gasteiger partial charge >= 0.3 is 5.69 Å². The molecule has 0 fully saturated rings. The smallest absolute Gasteiger partial charge is 0.311 e. The van der Waals surface area contributed by atoms with Gasteiger partial charge in [0.2, 0.25) is 0 Å². The average molecular weight is 283 g/mol. The molecule has 0 radical (unpaired) electrons. The number of rotatable bonds is 4. The van der Waals surface area contributed by atoms with E-state index in [1.807, 2.05) is 35.0 Å². The lowest BCUT2D eigenvalue weighted by Gasteiger charge is -2.05. The fourth-order valence-electron chi connectivity index (χ4n) is 2.10. The summed E-state index contributed by atoms with van der Waals surface area (Å²) in [6.45, 7) is 1.99. The third-order valence-corrected chi connectivity index (χ3v) is 3.10. The van der Waals surface area contributed by atoms with Crippen molar-refractivity contribution in [1.29, 1.82) is 0 Å². The maximum absolute atomic E-state index is 11.0. The van der Waals surface area contributed by atoms with Gasteiger partial charge in [0, 0.05) is 18.5 Å². The minimum absolute atomic E-state index is 0.0289. The molecular weight excluding hydrogens is 270 g/mol. The van der Waals surface area contributed by atoms with Crippen molar-refractivity contribution in [2.24, 2.45) is 0 Å². The second-order valence-corrected chi connectivity index (χ2v) is 4.72. The molecule has 0 aliphatic carbocycles. The maximum Gasteiger partial charge on any atom is 0.311 e. The first-order chi connectivity index (χ1) is 10.1. The molecule has 6 nitrogen and oxygen atoms in total. The molecule has 106 valence electrons. The largest absolute Gasteiger partial charge is 0.480 e. The Morgan fingerprint density at radius 2 is 2.19 bits per heavy atom. The summed E-state index contributed by atoms with van der Waals surface area (Å²) in [6, 6.07) is 10.6. The van der Waals surface area contributed by atoms with Crippen LogP contribution in [0.15, 0.2) is 48.8 Å². The van der Waals surface area contributed by atoms with Gasteiger partial charge in [-0.1, -0.05) is 12.1 Å². The lowest BCUT2D eigenvalue weighted by molar-refractivity contribution is -0.386. The fraction of sp³-hybridized carbons (Fsp3) is 0.133. The first kappa shape index (κ1) is 13.1. The van der Waals surface area contributed by atoms with Crippen molar-refractivity contribution in [2.75, 3.05) is 0 Å². The SMILES string of the molecule is Cc1ccc(OCc2cn3ccccc3n2)c([N+](=O)[O-])c1. The Kier molecular flexibility index (Phi) is 3.27. The van der Waals surface area contributed by atoms with Crippen molar-refractivity contribution in [1.82, 2.24) is 9.38 Å². The number of ether oxygens (including phenoxy) is 1. The van der Waals surface area contributed by atoms with E-state index in [4.69, 9.17) is 4.74 Å². The summed E-state index contributed by atoms with van der Waals surface area (Å²) in [5.74, 6) is 0.252. The van der Waals surface area contributed by atoms with E-state index >= 15 is 0 Å². The zero-order valence-electron chi connectivity index (χ0n) is 11.4. The van der Waals surface area contributed by atoms with Gasteiger partial charge in [-0.25, -0.2) is 4.98 Å². The molecule has 2 heterocycles. The minimum atomic E-state index is -0.438. The Balaban J connectivity index is 1.83. The Bertz CT molecular complexity index is 778. The normalized spacial score (nSPS) is 10.7. The number of nitrogens with zero attached hydrogens (tertiary/aromatic N) is 3. The van der Waals surface area contributed by atoms with Gasteiger partial charge in [-0.3, -0.25) is 10.1 Å². The molecule has 6 heteroatoms. The summed E-state index contributed by atoms with van der Waals surface area (Å²) in [5.41, 5.74) is 2.33. The zero-order chi connectivity index (χ0) is 14.8. The third kappa shape index (κ3) is 2.69. The van der Waals surface area contributed by atoms with E-state index in [9.17, 15) is 10.1 Å². The maximum atomic E-state index is 11.0. The molecule has 0 amide bonds. The predicted octanol–water partition coefficient (Wildman–Crippen LogP) is 3.13. The summed E-state index contributed by atoms with van der Waals surface area (Å²) in [4.78, 5) is 15.0.